The molecule has 1 aromatic carbocycles. The van der Waals surface area contributed by atoms with E-state index in [0.29, 0.717) is 17.0 Å². The number of benzene rings is 1. The zero-order valence-corrected chi connectivity index (χ0v) is 12.4. The van der Waals surface area contributed by atoms with E-state index in [0.717, 1.165) is 30.9 Å². The Morgan fingerprint density at radius 1 is 1.29 bits per heavy atom. The maximum Gasteiger partial charge on any atom is 0.128 e. The molecule has 0 fully saturated rings. The van der Waals surface area contributed by atoms with Crippen LogP contribution < -0.4 is 0 Å². The van der Waals surface area contributed by atoms with Crippen molar-refractivity contribution in [3.63, 3.8) is 0 Å². The van der Waals surface area contributed by atoms with Gasteiger partial charge < -0.3 is 4.57 Å². The molecular formula is C14H15ClFN5. The van der Waals surface area contributed by atoms with Crippen molar-refractivity contribution in [1.29, 1.82) is 0 Å². The van der Waals surface area contributed by atoms with E-state index >= 15 is 0 Å². The number of hydrogen-bond donors (Lipinski definition) is 0. The second-order valence-corrected chi connectivity index (χ2v) is 5.19. The molecule has 0 aliphatic carbocycles. The first-order chi connectivity index (χ1) is 10.2. The van der Waals surface area contributed by atoms with Gasteiger partial charge in [0.1, 0.15) is 11.6 Å². The first-order valence-corrected chi connectivity index (χ1v) is 7.28. The average molecular weight is 308 g/mol. The summed E-state index contributed by atoms with van der Waals surface area (Å²) in [6, 6.07) is 3.29. The van der Waals surface area contributed by atoms with Gasteiger partial charge in [-0.3, -0.25) is 4.68 Å². The highest BCUT2D eigenvalue weighted by atomic mass is 35.5. The summed E-state index contributed by atoms with van der Waals surface area (Å²) >= 11 is 5.96. The summed E-state index contributed by atoms with van der Waals surface area (Å²) in [5.41, 5.74) is 2.18. The Labute approximate surface area is 126 Å². The molecule has 0 amide bonds. The third-order valence-corrected chi connectivity index (χ3v) is 3.71. The predicted octanol–water partition coefficient (Wildman–Crippen LogP) is 2.90. The Morgan fingerprint density at radius 3 is 2.86 bits per heavy atom. The van der Waals surface area contributed by atoms with Gasteiger partial charge in [-0.1, -0.05) is 5.21 Å². The molecule has 0 radical (unpaired) electrons. The number of alkyl halides is 1. The van der Waals surface area contributed by atoms with Gasteiger partial charge in [0.2, 0.25) is 0 Å². The van der Waals surface area contributed by atoms with Crippen molar-refractivity contribution in [1.82, 2.24) is 24.5 Å². The molecule has 0 bridgehead atoms. The van der Waals surface area contributed by atoms with E-state index in [1.165, 1.54) is 6.07 Å². The molecule has 0 spiro atoms. The van der Waals surface area contributed by atoms with Crippen LogP contribution in [0, 0.1) is 12.7 Å². The first-order valence-electron chi connectivity index (χ1n) is 6.74. The van der Waals surface area contributed by atoms with Crippen LogP contribution >= 0.6 is 11.6 Å². The largest absolute Gasteiger partial charge is 0.327 e. The van der Waals surface area contributed by atoms with Crippen molar-refractivity contribution < 1.29 is 4.39 Å². The molecule has 2 aromatic heterocycles. The summed E-state index contributed by atoms with van der Waals surface area (Å²) in [6.45, 7) is 3.27. The molecule has 110 valence electrons. The van der Waals surface area contributed by atoms with E-state index in [9.17, 15) is 4.39 Å². The van der Waals surface area contributed by atoms with Gasteiger partial charge in [0.15, 0.2) is 0 Å². The topological polar surface area (TPSA) is 48.5 Å². The molecule has 0 unspecified atom stereocenters. The van der Waals surface area contributed by atoms with Crippen LogP contribution in [0.1, 0.15) is 17.8 Å². The summed E-state index contributed by atoms with van der Waals surface area (Å²) in [7, 11) is 0. The Balaban J connectivity index is 1.87. The number of hydrogen-bond acceptors (Lipinski definition) is 3. The number of aryl methyl sites for hydroxylation is 3. The minimum atomic E-state index is -0.240. The van der Waals surface area contributed by atoms with Crippen LogP contribution in [0.15, 0.2) is 24.5 Å². The number of nitrogens with zero attached hydrogens (tertiary/aromatic N) is 5. The number of fused-ring (bicyclic) bond motifs is 1. The molecule has 7 heteroatoms. The Hall–Kier alpha value is -1.95. The lowest BCUT2D eigenvalue weighted by atomic mass is 10.2. The van der Waals surface area contributed by atoms with Crippen LogP contribution in [0.3, 0.4) is 0 Å². The third kappa shape index (κ3) is 2.76. The van der Waals surface area contributed by atoms with Crippen molar-refractivity contribution in [2.75, 3.05) is 0 Å². The Morgan fingerprint density at radius 2 is 2.14 bits per heavy atom. The molecule has 0 N–H and O–H groups in total. The van der Waals surface area contributed by atoms with E-state index in [-0.39, 0.29) is 5.82 Å². The predicted molar refractivity (Wildman–Crippen MR) is 78.6 cm³/mol. The Bertz CT molecular complexity index is 750. The molecule has 2 heterocycles. The third-order valence-electron chi connectivity index (χ3n) is 3.47. The molecular weight excluding hydrogens is 293 g/mol. The van der Waals surface area contributed by atoms with Gasteiger partial charge in [-0.05, 0) is 25.0 Å². The van der Waals surface area contributed by atoms with Crippen LogP contribution in [-0.4, -0.2) is 24.5 Å². The highest BCUT2D eigenvalue weighted by Crippen LogP contribution is 2.21. The van der Waals surface area contributed by atoms with Crippen LogP contribution in [-0.2, 0) is 19.0 Å². The average Bonchev–Trinajstić information content (AvgIpc) is 3.08. The van der Waals surface area contributed by atoms with Gasteiger partial charge in [-0.15, -0.1) is 16.7 Å². The molecule has 0 aliphatic heterocycles. The van der Waals surface area contributed by atoms with E-state index in [1.807, 2.05) is 16.8 Å². The van der Waals surface area contributed by atoms with E-state index < -0.39 is 0 Å². The summed E-state index contributed by atoms with van der Waals surface area (Å²) in [5.74, 6) is 0.824. The maximum absolute atomic E-state index is 13.6. The monoisotopic (exact) mass is 307 g/mol. The van der Waals surface area contributed by atoms with Gasteiger partial charge in [-0.25, -0.2) is 9.37 Å². The van der Waals surface area contributed by atoms with Gasteiger partial charge in [0, 0.05) is 25.4 Å². The van der Waals surface area contributed by atoms with Crippen molar-refractivity contribution in [2.24, 2.45) is 0 Å². The summed E-state index contributed by atoms with van der Waals surface area (Å²) in [5, 5.41) is 7.71. The minimum Gasteiger partial charge on any atom is -0.327 e. The second-order valence-electron chi connectivity index (χ2n) is 4.92. The summed E-state index contributed by atoms with van der Waals surface area (Å²) < 4.78 is 17.5. The lowest BCUT2D eigenvalue weighted by molar-refractivity contribution is 0.514. The number of aromatic nitrogens is 5. The van der Waals surface area contributed by atoms with Crippen LogP contribution in [0.4, 0.5) is 4.39 Å². The molecule has 0 aliphatic rings. The SMILES string of the molecule is Cc1cc2c(cc1F)nc(CCl)n2CCCn1ccnn1. The molecule has 5 nitrogen and oxygen atoms in total. The van der Waals surface area contributed by atoms with Crippen LogP contribution in [0.2, 0.25) is 0 Å². The number of halogens is 2. The van der Waals surface area contributed by atoms with Crippen LogP contribution in [0.25, 0.3) is 11.0 Å². The second kappa shape index (κ2) is 5.81. The van der Waals surface area contributed by atoms with Crippen molar-refractivity contribution in [3.8, 4) is 0 Å². The maximum atomic E-state index is 13.6. The van der Waals surface area contributed by atoms with Crippen LogP contribution in [0.5, 0.6) is 0 Å². The Kier molecular flexibility index (Phi) is 3.88. The zero-order chi connectivity index (χ0) is 14.8. The highest BCUT2D eigenvalue weighted by molar-refractivity contribution is 6.16. The molecule has 0 saturated carbocycles. The van der Waals surface area contributed by atoms with E-state index in [2.05, 4.69) is 15.3 Å². The molecule has 0 atom stereocenters. The van der Waals surface area contributed by atoms with Gasteiger partial charge in [0.25, 0.3) is 0 Å². The molecule has 3 aromatic rings. The lowest BCUT2D eigenvalue weighted by Gasteiger charge is -2.08. The quantitative estimate of drug-likeness (QED) is 0.681. The van der Waals surface area contributed by atoms with Gasteiger partial charge in [0.05, 0.1) is 23.1 Å². The zero-order valence-electron chi connectivity index (χ0n) is 11.6. The molecule has 21 heavy (non-hydrogen) atoms. The number of rotatable bonds is 5. The smallest absolute Gasteiger partial charge is 0.128 e. The normalized spacial score (nSPS) is 11.4. The van der Waals surface area contributed by atoms with E-state index in [4.69, 9.17) is 11.6 Å². The first kappa shape index (κ1) is 14.0. The van der Waals surface area contributed by atoms with Gasteiger partial charge >= 0.3 is 0 Å². The fraction of sp³-hybridized carbons (Fsp3) is 0.357. The fourth-order valence-corrected chi connectivity index (χ4v) is 2.60. The van der Waals surface area contributed by atoms with Crippen molar-refractivity contribution in [2.45, 2.75) is 32.3 Å². The lowest BCUT2D eigenvalue weighted by Crippen LogP contribution is -2.07. The summed E-state index contributed by atoms with van der Waals surface area (Å²) in [6.07, 6.45) is 4.35. The number of imidazole rings is 1. The highest BCUT2D eigenvalue weighted by Gasteiger charge is 2.12. The van der Waals surface area contributed by atoms with E-state index in [1.54, 1.807) is 17.8 Å². The van der Waals surface area contributed by atoms with Gasteiger partial charge in [-0.2, -0.15) is 0 Å². The molecule has 0 saturated heterocycles. The van der Waals surface area contributed by atoms with Crippen molar-refractivity contribution in [3.05, 3.63) is 41.7 Å². The molecule has 3 rings (SSSR count). The summed E-state index contributed by atoms with van der Waals surface area (Å²) in [4.78, 5) is 4.40. The fourth-order valence-electron chi connectivity index (χ4n) is 2.39. The minimum absolute atomic E-state index is 0.240. The van der Waals surface area contributed by atoms with Crippen molar-refractivity contribution >= 4 is 22.6 Å². The standard InChI is InChI=1S/C14H15ClFN5/c1-10-7-13-12(8-11(10)16)18-14(9-15)21(13)5-2-4-20-6-3-17-19-20/h3,6-8H,2,4-5,9H2,1H3.